The Labute approximate surface area is 203 Å². The minimum Gasteiger partial charge on any atom is -0.481 e. The first kappa shape index (κ1) is 24.1. The maximum Gasteiger partial charge on any atom is 0.244 e. The van der Waals surface area contributed by atoms with Crippen LogP contribution >= 0.6 is 0 Å². The van der Waals surface area contributed by atoms with Gasteiger partial charge in [0, 0.05) is 30.6 Å². The monoisotopic (exact) mass is 473 g/mol. The molecule has 0 fully saturated rings. The molecule has 5 rings (SSSR count). The number of ether oxygens (including phenoxy) is 1. The van der Waals surface area contributed by atoms with Crippen molar-refractivity contribution >= 4 is 23.0 Å². The van der Waals surface area contributed by atoms with Gasteiger partial charge in [-0.05, 0) is 60.7 Å². The van der Waals surface area contributed by atoms with Gasteiger partial charge in [0.1, 0.15) is 11.3 Å². The highest BCUT2D eigenvalue weighted by Gasteiger charge is 2.23. The Morgan fingerprint density at radius 2 is 1.97 bits per heavy atom. The van der Waals surface area contributed by atoms with Crippen molar-refractivity contribution in [2.75, 3.05) is 7.11 Å². The first-order valence-corrected chi connectivity index (χ1v) is 11.7. The van der Waals surface area contributed by atoms with Gasteiger partial charge in [0.2, 0.25) is 11.8 Å². The van der Waals surface area contributed by atoms with E-state index in [4.69, 9.17) is 9.84 Å². The van der Waals surface area contributed by atoms with Gasteiger partial charge in [-0.15, -0.1) is 0 Å². The maximum atomic E-state index is 13.0. The lowest BCUT2D eigenvalue weighted by molar-refractivity contribution is -0.117. The van der Waals surface area contributed by atoms with Gasteiger partial charge in [-0.3, -0.25) is 9.78 Å². The molecular formula is C27H28FN5O2. The number of hydrogen-bond donors (Lipinski definition) is 1. The number of rotatable bonds is 5. The molecular weight excluding hydrogens is 445 g/mol. The number of nitrogens with zero attached hydrogens (tertiary/aromatic N) is 4. The first-order valence-electron chi connectivity index (χ1n) is 11.7. The molecule has 1 atom stereocenters. The second-order valence-electron chi connectivity index (χ2n) is 7.93. The molecule has 1 unspecified atom stereocenters. The lowest BCUT2D eigenvalue weighted by atomic mass is 9.93. The SMILES string of the molecule is CC.COc1ccc2nccc(-n3cc4c(n3)CCC(NC(=O)/C=C/c3ccc(F)cc3)C4)c2n1. The Hall–Kier alpha value is -4.07. The average Bonchev–Trinajstić information content (AvgIpc) is 3.32. The summed E-state index contributed by atoms with van der Waals surface area (Å²) >= 11 is 0. The molecule has 3 heterocycles. The number of halogens is 1. The minimum absolute atomic E-state index is 0.0212. The molecule has 0 radical (unpaired) electrons. The number of aryl methyl sites for hydroxylation is 1. The summed E-state index contributed by atoms with van der Waals surface area (Å²) in [6.07, 6.45) is 9.18. The molecule has 35 heavy (non-hydrogen) atoms. The highest BCUT2D eigenvalue weighted by atomic mass is 19.1. The van der Waals surface area contributed by atoms with Crippen molar-refractivity contribution in [3.8, 4) is 11.6 Å². The zero-order chi connectivity index (χ0) is 24.8. The molecule has 1 aliphatic rings. The Balaban J connectivity index is 0.00000141. The van der Waals surface area contributed by atoms with Crippen LogP contribution in [0.15, 0.2) is 60.9 Å². The summed E-state index contributed by atoms with van der Waals surface area (Å²) in [5.41, 5.74) is 5.20. The quantitative estimate of drug-likeness (QED) is 0.426. The fourth-order valence-corrected chi connectivity index (χ4v) is 4.04. The summed E-state index contributed by atoms with van der Waals surface area (Å²) in [4.78, 5) is 21.3. The van der Waals surface area contributed by atoms with E-state index >= 15 is 0 Å². The smallest absolute Gasteiger partial charge is 0.244 e. The van der Waals surface area contributed by atoms with Crippen LogP contribution in [-0.4, -0.2) is 38.8 Å². The van der Waals surface area contributed by atoms with E-state index in [1.54, 1.807) is 37.6 Å². The highest BCUT2D eigenvalue weighted by Crippen LogP contribution is 2.25. The van der Waals surface area contributed by atoms with Crippen LogP contribution < -0.4 is 10.1 Å². The van der Waals surface area contributed by atoms with E-state index < -0.39 is 0 Å². The van der Waals surface area contributed by atoms with Crippen molar-refractivity contribution in [3.05, 3.63) is 83.6 Å². The third-order valence-corrected chi connectivity index (χ3v) is 5.71. The first-order chi connectivity index (χ1) is 17.1. The number of nitrogens with one attached hydrogen (secondary N) is 1. The fourth-order valence-electron chi connectivity index (χ4n) is 4.04. The minimum atomic E-state index is -0.301. The summed E-state index contributed by atoms with van der Waals surface area (Å²) in [5.74, 6) is 0.0477. The number of aromatic nitrogens is 4. The fraction of sp³-hybridized carbons (Fsp3) is 0.259. The Morgan fingerprint density at radius 1 is 1.17 bits per heavy atom. The van der Waals surface area contributed by atoms with Gasteiger partial charge in [-0.1, -0.05) is 26.0 Å². The van der Waals surface area contributed by atoms with Gasteiger partial charge in [-0.2, -0.15) is 5.10 Å². The van der Waals surface area contributed by atoms with Gasteiger partial charge in [0.15, 0.2) is 0 Å². The van der Waals surface area contributed by atoms with Gasteiger partial charge in [0.25, 0.3) is 0 Å². The van der Waals surface area contributed by atoms with Crippen molar-refractivity contribution in [1.29, 1.82) is 0 Å². The van der Waals surface area contributed by atoms with Crippen LogP contribution in [0.1, 0.15) is 37.1 Å². The Bertz CT molecular complexity index is 1350. The Morgan fingerprint density at radius 3 is 2.74 bits per heavy atom. The number of methoxy groups -OCH3 is 1. The summed E-state index contributed by atoms with van der Waals surface area (Å²) in [6.45, 7) is 4.00. The number of carbonyl (C=O) groups excluding carboxylic acids is 1. The highest BCUT2D eigenvalue weighted by molar-refractivity contribution is 5.92. The third kappa shape index (κ3) is 5.54. The van der Waals surface area contributed by atoms with Crippen LogP contribution in [0.5, 0.6) is 5.88 Å². The second-order valence-corrected chi connectivity index (χ2v) is 7.93. The third-order valence-electron chi connectivity index (χ3n) is 5.71. The molecule has 1 N–H and O–H groups in total. The van der Waals surface area contributed by atoms with Gasteiger partial charge in [-0.25, -0.2) is 14.1 Å². The predicted octanol–water partition coefficient (Wildman–Crippen LogP) is 4.68. The molecule has 1 aromatic carbocycles. The molecule has 8 heteroatoms. The molecule has 7 nitrogen and oxygen atoms in total. The zero-order valence-corrected chi connectivity index (χ0v) is 20.0. The van der Waals surface area contributed by atoms with Gasteiger partial charge < -0.3 is 10.1 Å². The standard InChI is InChI=1S/C25H22FN5O2.C2H6/c1-33-24-11-9-21-25(29-24)22(12-13-27-21)31-15-17-14-19(7-8-20(17)30-31)28-23(32)10-4-16-2-5-18(26)6-3-16;1-2/h2-6,9-13,15,19H,7-8,14H2,1H3,(H,28,32);1-2H3/b10-4+;. The van der Waals surface area contributed by atoms with E-state index in [1.165, 1.54) is 18.2 Å². The van der Waals surface area contributed by atoms with E-state index in [1.807, 2.05) is 36.9 Å². The number of benzene rings is 1. The number of carbonyl (C=O) groups is 1. The summed E-state index contributed by atoms with van der Waals surface area (Å²) in [5, 5.41) is 7.83. The molecule has 180 valence electrons. The van der Waals surface area contributed by atoms with Crippen LogP contribution in [-0.2, 0) is 17.6 Å². The number of pyridine rings is 2. The summed E-state index contributed by atoms with van der Waals surface area (Å²) < 4.78 is 20.1. The van der Waals surface area contributed by atoms with E-state index in [0.717, 1.165) is 40.9 Å². The van der Waals surface area contributed by atoms with Crippen LogP contribution in [0.2, 0.25) is 0 Å². The van der Waals surface area contributed by atoms with E-state index in [9.17, 15) is 9.18 Å². The number of fused-ring (bicyclic) bond motifs is 2. The largest absolute Gasteiger partial charge is 0.481 e. The molecule has 0 bridgehead atoms. The molecule has 0 spiro atoms. The van der Waals surface area contributed by atoms with Crippen LogP contribution in [0.4, 0.5) is 4.39 Å². The van der Waals surface area contributed by atoms with E-state index in [2.05, 4.69) is 15.3 Å². The molecule has 0 saturated heterocycles. The maximum absolute atomic E-state index is 13.0. The molecule has 4 aromatic rings. The Kier molecular flexibility index (Phi) is 7.50. The topological polar surface area (TPSA) is 81.9 Å². The molecule has 0 aliphatic heterocycles. The molecule has 1 amide bonds. The number of hydrogen-bond acceptors (Lipinski definition) is 5. The van der Waals surface area contributed by atoms with E-state index in [0.29, 0.717) is 17.8 Å². The van der Waals surface area contributed by atoms with Gasteiger partial charge in [0.05, 0.1) is 24.0 Å². The molecule has 0 saturated carbocycles. The van der Waals surface area contributed by atoms with Crippen LogP contribution in [0.25, 0.3) is 22.8 Å². The normalized spacial score (nSPS) is 14.8. The second kappa shape index (κ2) is 10.9. The van der Waals surface area contributed by atoms with Crippen molar-refractivity contribution in [2.24, 2.45) is 0 Å². The van der Waals surface area contributed by atoms with Crippen molar-refractivity contribution in [1.82, 2.24) is 25.1 Å². The van der Waals surface area contributed by atoms with Crippen molar-refractivity contribution in [3.63, 3.8) is 0 Å². The average molecular weight is 474 g/mol. The predicted molar refractivity (Wildman–Crippen MR) is 134 cm³/mol. The van der Waals surface area contributed by atoms with E-state index in [-0.39, 0.29) is 17.8 Å². The van der Waals surface area contributed by atoms with Crippen molar-refractivity contribution < 1.29 is 13.9 Å². The van der Waals surface area contributed by atoms with Crippen molar-refractivity contribution in [2.45, 2.75) is 39.2 Å². The van der Waals surface area contributed by atoms with Gasteiger partial charge >= 0.3 is 0 Å². The van der Waals surface area contributed by atoms with Crippen LogP contribution in [0.3, 0.4) is 0 Å². The number of amides is 1. The van der Waals surface area contributed by atoms with Crippen LogP contribution in [0, 0.1) is 5.82 Å². The summed E-state index contributed by atoms with van der Waals surface area (Å²) in [6, 6.07) is 11.6. The molecule has 1 aliphatic carbocycles. The summed E-state index contributed by atoms with van der Waals surface area (Å²) in [7, 11) is 1.58. The zero-order valence-electron chi connectivity index (χ0n) is 20.0. The molecule has 3 aromatic heterocycles. The lowest BCUT2D eigenvalue weighted by Gasteiger charge is -2.21. The lowest BCUT2D eigenvalue weighted by Crippen LogP contribution is -2.37.